The molecule has 1 nitrogen and oxygen atoms in total. The number of para-hydroxylation sites is 3. The fourth-order valence-electron chi connectivity index (χ4n) is 3.18. The quantitative estimate of drug-likeness (QED) is 0.340. The maximum atomic E-state index is 6.52. The normalized spacial score (nSPS) is 10.6. The first-order chi connectivity index (χ1) is 13.2. The minimum Gasteiger partial charge on any atom is -0.310 e. The van der Waals surface area contributed by atoms with Crippen molar-refractivity contribution in [3.63, 3.8) is 0 Å². The highest BCUT2D eigenvalue weighted by Crippen LogP contribution is 2.42. The molecular formula is C24H17Cl2N. The zero-order chi connectivity index (χ0) is 18.6. The summed E-state index contributed by atoms with van der Waals surface area (Å²) in [5.41, 5.74) is 5.14. The van der Waals surface area contributed by atoms with Gasteiger partial charge in [0.15, 0.2) is 0 Å². The highest BCUT2D eigenvalue weighted by atomic mass is 35.5. The summed E-state index contributed by atoms with van der Waals surface area (Å²) in [4.78, 5) is 2.23. The first-order valence-corrected chi connectivity index (χ1v) is 9.44. The molecule has 0 amide bonds. The topological polar surface area (TPSA) is 3.24 Å². The number of rotatable bonds is 4. The molecule has 27 heavy (non-hydrogen) atoms. The van der Waals surface area contributed by atoms with Crippen molar-refractivity contribution in [1.29, 1.82) is 0 Å². The first-order valence-electron chi connectivity index (χ1n) is 8.69. The van der Waals surface area contributed by atoms with Gasteiger partial charge in [-0.25, -0.2) is 0 Å². The van der Waals surface area contributed by atoms with E-state index in [1.54, 1.807) is 0 Å². The fraction of sp³-hybridized carbons (Fsp3) is 0. The molecular weight excluding hydrogens is 373 g/mol. The Morgan fingerprint density at radius 1 is 0.519 bits per heavy atom. The lowest BCUT2D eigenvalue weighted by Gasteiger charge is -2.28. The number of nitrogens with zero attached hydrogens (tertiary/aromatic N) is 1. The number of benzene rings is 4. The number of anilines is 3. The van der Waals surface area contributed by atoms with Crippen molar-refractivity contribution in [2.75, 3.05) is 4.90 Å². The van der Waals surface area contributed by atoms with Crippen LogP contribution in [0.5, 0.6) is 0 Å². The molecule has 0 aliphatic carbocycles. The summed E-state index contributed by atoms with van der Waals surface area (Å²) in [7, 11) is 0. The van der Waals surface area contributed by atoms with Crippen LogP contribution in [-0.4, -0.2) is 0 Å². The molecule has 4 rings (SSSR count). The molecule has 0 radical (unpaired) electrons. The van der Waals surface area contributed by atoms with E-state index in [9.17, 15) is 0 Å². The summed E-state index contributed by atoms with van der Waals surface area (Å²) >= 11 is 12.8. The molecule has 0 unspecified atom stereocenters. The second-order valence-corrected chi connectivity index (χ2v) is 6.99. The highest BCUT2D eigenvalue weighted by molar-refractivity contribution is 6.35. The standard InChI is InChI=1S/C24H17Cl2N/c25-18-15-16-23(26)22(17-18)21-13-7-8-14-24(21)27(19-9-3-1-4-10-19)20-11-5-2-6-12-20/h1-17H. The van der Waals surface area contributed by atoms with Gasteiger partial charge in [-0.2, -0.15) is 0 Å². The summed E-state index contributed by atoms with van der Waals surface area (Å²) in [6, 6.07) is 34.4. The van der Waals surface area contributed by atoms with Crippen molar-refractivity contribution >= 4 is 40.3 Å². The van der Waals surface area contributed by atoms with Gasteiger partial charge in [0, 0.05) is 32.5 Å². The van der Waals surface area contributed by atoms with Gasteiger partial charge in [-0.1, -0.05) is 77.8 Å². The Labute approximate surface area is 169 Å². The minimum atomic E-state index is 0.662. The maximum absolute atomic E-state index is 6.52. The molecule has 4 aromatic rings. The molecule has 0 aromatic heterocycles. The number of halogens is 2. The molecule has 0 atom stereocenters. The van der Waals surface area contributed by atoms with Gasteiger partial charge in [0.1, 0.15) is 0 Å². The molecule has 0 N–H and O–H groups in total. The third kappa shape index (κ3) is 3.71. The SMILES string of the molecule is Clc1ccc(Cl)c(-c2ccccc2N(c2ccccc2)c2ccccc2)c1. The van der Waals surface area contributed by atoms with Gasteiger partial charge in [-0.15, -0.1) is 0 Å². The van der Waals surface area contributed by atoms with Crippen molar-refractivity contribution in [3.8, 4) is 11.1 Å². The van der Waals surface area contributed by atoms with Crippen LogP contribution >= 0.6 is 23.2 Å². The summed E-state index contributed by atoms with van der Waals surface area (Å²) in [6.45, 7) is 0. The summed E-state index contributed by atoms with van der Waals surface area (Å²) in [5, 5.41) is 1.34. The molecule has 0 bridgehead atoms. The lowest BCUT2D eigenvalue weighted by Crippen LogP contribution is -2.11. The van der Waals surface area contributed by atoms with E-state index in [2.05, 4.69) is 41.3 Å². The highest BCUT2D eigenvalue weighted by Gasteiger charge is 2.17. The van der Waals surface area contributed by atoms with Crippen LogP contribution in [0.25, 0.3) is 11.1 Å². The van der Waals surface area contributed by atoms with Gasteiger partial charge in [-0.3, -0.25) is 0 Å². The summed E-state index contributed by atoms with van der Waals surface area (Å²) in [5.74, 6) is 0. The second-order valence-electron chi connectivity index (χ2n) is 6.15. The molecule has 4 aromatic carbocycles. The molecule has 0 aliphatic rings. The third-order valence-corrected chi connectivity index (χ3v) is 4.96. The Hall–Kier alpha value is -2.74. The Bertz CT molecular complexity index is 1010. The second kappa shape index (κ2) is 7.87. The fourth-order valence-corrected chi connectivity index (χ4v) is 3.57. The maximum Gasteiger partial charge on any atom is 0.0540 e. The van der Waals surface area contributed by atoms with E-state index in [4.69, 9.17) is 23.2 Å². The van der Waals surface area contributed by atoms with E-state index < -0.39 is 0 Å². The van der Waals surface area contributed by atoms with E-state index >= 15 is 0 Å². The zero-order valence-corrected chi connectivity index (χ0v) is 16.0. The Morgan fingerprint density at radius 3 is 1.70 bits per heavy atom. The van der Waals surface area contributed by atoms with E-state index in [0.29, 0.717) is 10.0 Å². The number of hydrogen-bond acceptors (Lipinski definition) is 1. The van der Waals surface area contributed by atoms with E-state index in [1.165, 1.54) is 0 Å². The van der Waals surface area contributed by atoms with E-state index in [0.717, 1.165) is 28.2 Å². The van der Waals surface area contributed by atoms with Crippen LogP contribution in [0, 0.1) is 0 Å². The van der Waals surface area contributed by atoms with Gasteiger partial charge in [-0.05, 0) is 48.5 Å². The van der Waals surface area contributed by atoms with Crippen LogP contribution in [0.2, 0.25) is 10.0 Å². The lowest BCUT2D eigenvalue weighted by atomic mass is 10.0. The lowest BCUT2D eigenvalue weighted by molar-refractivity contribution is 1.28. The van der Waals surface area contributed by atoms with Crippen LogP contribution in [0.15, 0.2) is 103 Å². The molecule has 3 heteroatoms. The monoisotopic (exact) mass is 389 g/mol. The molecule has 0 aliphatic heterocycles. The average Bonchev–Trinajstić information content (AvgIpc) is 2.72. The summed E-state index contributed by atoms with van der Waals surface area (Å²) in [6.07, 6.45) is 0. The molecule has 0 heterocycles. The predicted octanol–water partition coefficient (Wildman–Crippen LogP) is 8.13. The van der Waals surface area contributed by atoms with Crippen molar-refractivity contribution in [2.24, 2.45) is 0 Å². The van der Waals surface area contributed by atoms with E-state index in [1.807, 2.05) is 66.7 Å². The minimum absolute atomic E-state index is 0.662. The average molecular weight is 390 g/mol. The smallest absolute Gasteiger partial charge is 0.0540 e. The molecule has 0 saturated carbocycles. The van der Waals surface area contributed by atoms with Gasteiger partial charge >= 0.3 is 0 Å². The molecule has 0 fully saturated rings. The van der Waals surface area contributed by atoms with Crippen LogP contribution in [0.3, 0.4) is 0 Å². The molecule has 132 valence electrons. The van der Waals surface area contributed by atoms with Crippen LogP contribution in [-0.2, 0) is 0 Å². The molecule has 0 spiro atoms. The zero-order valence-electron chi connectivity index (χ0n) is 14.5. The Morgan fingerprint density at radius 2 is 1.07 bits per heavy atom. The van der Waals surface area contributed by atoms with Crippen molar-refractivity contribution in [2.45, 2.75) is 0 Å². The van der Waals surface area contributed by atoms with Gasteiger partial charge in [0.25, 0.3) is 0 Å². The van der Waals surface area contributed by atoms with E-state index in [-0.39, 0.29) is 0 Å². The van der Waals surface area contributed by atoms with Crippen molar-refractivity contribution < 1.29 is 0 Å². The van der Waals surface area contributed by atoms with Gasteiger partial charge < -0.3 is 4.90 Å². The summed E-state index contributed by atoms with van der Waals surface area (Å²) < 4.78 is 0. The van der Waals surface area contributed by atoms with Crippen molar-refractivity contribution in [1.82, 2.24) is 0 Å². The molecule has 0 saturated heterocycles. The van der Waals surface area contributed by atoms with Gasteiger partial charge in [0.2, 0.25) is 0 Å². The Balaban J connectivity index is 1.96. The third-order valence-electron chi connectivity index (χ3n) is 4.39. The largest absolute Gasteiger partial charge is 0.310 e. The van der Waals surface area contributed by atoms with Crippen LogP contribution in [0.1, 0.15) is 0 Å². The number of hydrogen-bond donors (Lipinski definition) is 0. The first kappa shape index (κ1) is 17.7. The predicted molar refractivity (Wildman–Crippen MR) is 117 cm³/mol. The van der Waals surface area contributed by atoms with Crippen LogP contribution < -0.4 is 4.90 Å². The van der Waals surface area contributed by atoms with Crippen LogP contribution in [0.4, 0.5) is 17.1 Å². The van der Waals surface area contributed by atoms with Gasteiger partial charge in [0.05, 0.1) is 5.69 Å². The van der Waals surface area contributed by atoms with Crippen molar-refractivity contribution in [3.05, 3.63) is 113 Å². The Kier molecular flexibility index (Phi) is 5.15.